The molecule has 1 aliphatic heterocycles. The van der Waals surface area contributed by atoms with Crippen molar-refractivity contribution in [2.24, 2.45) is 0 Å². The highest BCUT2D eigenvalue weighted by Crippen LogP contribution is 2.44. The molecule has 28 heavy (non-hydrogen) atoms. The van der Waals surface area contributed by atoms with Crippen LogP contribution in [0, 0.1) is 0 Å². The van der Waals surface area contributed by atoms with E-state index in [1.54, 1.807) is 19.2 Å². The van der Waals surface area contributed by atoms with Gasteiger partial charge in [0, 0.05) is 17.7 Å². The van der Waals surface area contributed by atoms with E-state index in [-0.39, 0.29) is 17.7 Å². The number of phenolic OH excluding ortho intramolecular Hbond substituents is 1. The van der Waals surface area contributed by atoms with E-state index in [2.05, 4.69) is 17.1 Å². The molecule has 0 radical (unpaired) electrons. The molecule has 0 fully saturated rings. The Hall–Kier alpha value is -3.28. The Balaban J connectivity index is 1.89. The summed E-state index contributed by atoms with van der Waals surface area (Å²) < 4.78 is 5.39. The third-order valence-corrected chi connectivity index (χ3v) is 5.19. The molecule has 2 aromatic carbocycles. The number of hydrogen-bond acceptors (Lipinski definition) is 4. The number of nitrogens with zero attached hydrogens (tertiary/aromatic N) is 2. The molecule has 0 saturated heterocycles. The summed E-state index contributed by atoms with van der Waals surface area (Å²) in [5.74, 6) is 0.813. The number of nitrogens with one attached hydrogen (secondary N) is 1. The summed E-state index contributed by atoms with van der Waals surface area (Å²) in [6.45, 7) is 2.76. The Bertz CT molecular complexity index is 1010. The van der Waals surface area contributed by atoms with Crippen LogP contribution in [0.2, 0.25) is 0 Å². The number of phenols is 1. The number of carbonyl (C=O) groups is 1. The molecule has 0 bridgehead atoms. The maximum absolute atomic E-state index is 13.1. The van der Waals surface area contributed by atoms with E-state index in [0.29, 0.717) is 23.5 Å². The summed E-state index contributed by atoms with van der Waals surface area (Å²) in [6.07, 6.45) is 1.91. The highest BCUT2D eigenvalue weighted by Gasteiger charge is 2.42. The lowest BCUT2D eigenvalue weighted by atomic mass is 9.95. The molecule has 0 spiro atoms. The molecule has 144 valence electrons. The molecule has 2 N–H and O–H groups in total. The summed E-state index contributed by atoms with van der Waals surface area (Å²) in [4.78, 5) is 15.0. The lowest BCUT2D eigenvalue weighted by molar-refractivity contribution is 0.0741. The number of benzene rings is 2. The summed E-state index contributed by atoms with van der Waals surface area (Å²) >= 11 is 0. The van der Waals surface area contributed by atoms with Crippen LogP contribution in [0.1, 0.15) is 47.4 Å². The maximum Gasteiger partial charge on any atom is 0.273 e. The largest absolute Gasteiger partial charge is 0.507 e. The molecule has 0 aliphatic carbocycles. The third-order valence-electron chi connectivity index (χ3n) is 5.19. The van der Waals surface area contributed by atoms with Gasteiger partial charge in [-0.05, 0) is 36.2 Å². The lowest BCUT2D eigenvalue weighted by Gasteiger charge is -2.26. The Morgan fingerprint density at radius 3 is 2.79 bits per heavy atom. The monoisotopic (exact) mass is 377 g/mol. The molecule has 1 aliphatic rings. The van der Waals surface area contributed by atoms with E-state index in [1.165, 1.54) is 0 Å². The molecular formula is C22H23N3O3. The zero-order chi connectivity index (χ0) is 19.7. The van der Waals surface area contributed by atoms with Gasteiger partial charge in [0.2, 0.25) is 0 Å². The lowest BCUT2D eigenvalue weighted by Crippen LogP contribution is -2.30. The number of methoxy groups -OCH3 is 1. The fraction of sp³-hybridized carbons (Fsp3) is 0.273. The van der Waals surface area contributed by atoms with Crippen molar-refractivity contribution < 1.29 is 14.6 Å². The molecule has 1 amide bonds. The molecule has 1 atom stereocenters. The zero-order valence-electron chi connectivity index (χ0n) is 16.0. The first-order chi connectivity index (χ1) is 13.7. The molecule has 4 rings (SSSR count). The average molecular weight is 377 g/mol. The van der Waals surface area contributed by atoms with Crippen LogP contribution < -0.4 is 4.74 Å². The maximum atomic E-state index is 13.1. The van der Waals surface area contributed by atoms with Crippen LogP contribution >= 0.6 is 0 Å². The van der Waals surface area contributed by atoms with Crippen LogP contribution in [0.25, 0.3) is 11.3 Å². The van der Waals surface area contributed by atoms with Crippen molar-refractivity contribution in [3.63, 3.8) is 0 Å². The number of carbonyl (C=O) groups excluding carboxylic acids is 1. The van der Waals surface area contributed by atoms with Gasteiger partial charge in [0.1, 0.15) is 22.9 Å². The summed E-state index contributed by atoms with van der Waals surface area (Å²) in [5.41, 5.74) is 3.46. The average Bonchev–Trinajstić information content (AvgIpc) is 3.26. The second-order valence-electron chi connectivity index (χ2n) is 6.91. The Kier molecular flexibility index (Phi) is 4.77. The van der Waals surface area contributed by atoms with Gasteiger partial charge in [-0.2, -0.15) is 5.10 Å². The molecule has 3 aromatic rings. The Morgan fingerprint density at radius 1 is 1.21 bits per heavy atom. The SMILES string of the molecule is CCCCN1C(=O)c2[nH]nc(-c3ccccc3O)c2[C@H]1c1cccc(OC)c1. The van der Waals surface area contributed by atoms with Crippen molar-refractivity contribution in [1.29, 1.82) is 0 Å². The van der Waals surface area contributed by atoms with Crippen LogP contribution in [0.3, 0.4) is 0 Å². The van der Waals surface area contributed by atoms with Gasteiger partial charge in [-0.3, -0.25) is 9.89 Å². The Morgan fingerprint density at radius 2 is 2.04 bits per heavy atom. The van der Waals surface area contributed by atoms with Crippen LogP contribution in [0.5, 0.6) is 11.5 Å². The number of rotatable bonds is 6. The standard InChI is InChI=1S/C22H23N3O3/c1-3-4-12-25-21(14-8-7-9-15(13-14)28-2)18-19(23-24-20(18)22(25)27)16-10-5-6-11-17(16)26/h5-11,13,21,26H,3-4,12H2,1-2H3,(H,23,24)/t21-/m1/s1. The predicted octanol–water partition coefficient (Wildman–Crippen LogP) is 4.14. The number of para-hydroxylation sites is 1. The first-order valence-electron chi connectivity index (χ1n) is 9.47. The van der Waals surface area contributed by atoms with Crippen LogP contribution in [-0.4, -0.2) is 39.8 Å². The van der Waals surface area contributed by atoms with E-state index >= 15 is 0 Å². The summed E-state index contributed by atoms with van der Waals surface area (Å²) in [6, 6.07) is 14.5. The van der Waals surface area contributed by atoms with Crippen molar-refractivity contribution in [3.05, 3.63) is 65.4 Å². The van der Waals surface area contributed by atoms with E-state index < -0.39 is 0 Å². The van der Waals surface area contributed by atoms with Gasteiger partial charge in [0.05, 0.1) is 13.2 Å². The number of amides is 1. The van der Waals surface area contributed by atoms with Crippen molar-refractivity contribution >= 4 is 5.91 Å². The fourth-order valence-corrected chi connectivity index (χ4v) is 3.79. The van der Waals surface area contributed by atoms with Gasteiger partial charge in [-0.15, -0.1) is 0 Å². The molecule has 6 nitrogen and oxygen atoms in total. The van der Waals surface area contributed by atoms with Crippen molar-refractivity contribution in [2.45, 2.75) is 25.8 Å². The highest BCUT2D eigenvalue weighted by molar-refractivity contribution is 6.00. The van der Waals surface area contributed by atoms with Crippen LogP contribution in [0.4, 0.5) is 0 Å². The van der Waals surface area contributed by atoms with Crippen molar-refractivity contribution in [3.8, 4) is 22.8 Å². The van der Waals surface area contributed by atoms with Gasteiger partial charge < -0.3 is 14.7 Å². The second kappa shape index (κ2) is 7.38. The second-order valence-corrected chi connectivity index (χ2v) is 6.91. The first-order valence-corrected chi connectivity index (χ1v) is 9.47. The number of fused-ring (bicyclic) bond motifs is 1. The molecule has 1 aromatic heterocycles. The smallest absolute Gasteiger partial charge is 0.273 e. The van der Waals surface area contributed by atoms with E-state index in [1.807, 2.05) is 41.3 Å². The van der Waals surface area contributed by atoms with Gasteiger partial charge in [-0.25, -0.2) is 0 Å². The topological polar surface area (TPSA) is 78.5 Å². The van der Waals surface area contributed by atoms with Gasteiger partial charge in [0.25, 0.3) is 5.91 Å². The zero-order valence-corrected chi connectivity index (χ0v) is 16.0. The molecular weight excluding hydrogens is 354 g/mol. The van der Waals surface area contributed by atoms with Gasteiger partial charge in [-0.1, -0.05) is 37.6 Å². The normalized spacial score (nSPS) is 15.7. The van der Waals surface area contributed by atoms with Gasteiger partial charge >= 0.3 is 0 Å². The molecule has 0 unspecified atom stereocenters. The third kappa shape index (κ3) is 2.91. The fourth-order valence-electron chi connectivity index (χ4n) is 3.79. The van der Waals surface area contributed by atoms with Crippen molar-refractivity contribution in [2.75, 3.05) is 13.7 Å². The molecule has 6 heteroatoms. The van der Waals surface area contributed by atoms with E-state index in [9.17, 15) is 9.90 Å². The molecule has 2 heterocycles. The summed E-state index contributed by atoms with van der Waals surface area (Å²) in [7, 11) is 1.63. The number of aromatic amines is 1. The minimum atomic E-state index is -0.280. The number of unbranched alkanes of at least 4 members (excludes halogenated alkanes) is 1. The number of ether oxygens (including phenoxy) is 1. The van der Waals surface area contributed by atoms with E-state index in [4.69, 9.17) is 4.74 Å². The number of aromatic hydroxyl groups is 1. The van der Waals surface area contributed by atoms with Crippen molar-refractivity contribution in [1.82, 2.24) is 15.1 Å². The van der Waals surface area contributed by atoms with Crippen LogP contribution in [0.15, 0.2) is 48.5 Å². The Labute approximate surface area is 163 Å². The first kappa shape index (κ1) is 18.1. The number of aromatic nitrogens is 2. The highest BCUT2D eigenvalue weighted by atomic mass is 16.5. The van der Waals surface area contributed by atoms with Gasteiger partial charge in [0.15, 0.2) is 0 Å². The quantitative estimate of drug-likeness (QED) is 0.677. The molecule has 0 saturated carbocycles. The predicted molar refractivity (Wildman–Crippen MR) is 106 cm³/mol. The van der Waals surface area contributed by atoms with Crippen LogP contribution in [-0.2, 0) is 0 Å². The summed E-state index contributed by atoms with van der Waals surface area (Å²) in [5, 5.41) is 17.7. The van der Waals surface area contributed by atoms with E-state index in [0.717, 1.165) is 29.7 Å². The minimum absolute atomic E-state index is 0.0644. The number of hydrogen-bond donors (Lipinski definition) is 2. The number of H-pyrrole nitrogens is 1. The minimum Gasteiger partial charge on any atom is -0.507 e.